The second-order valence-corrected chi connectivity index (χ2v) is 4.40. The lowest BCUT2D eigenvalue weighted by Gasteiger charge is -2.10. The van der Waals surface area contributed by atoms with Crippen molar-refractivity contribution in [1.82, 2.24) is 4.90 Å². The van der Waals surface area contributed by atoms with Gasteiger partial charge in [0.25, 0.3) is 0 Å². The highest BCUT2D eigenvalue weighted by Gasteiger charge is 2.19. The van der Waals surface area contributed by atoms with Crippen molar-refractivity contribution in [2.24, 2.45) is 0 Å². The lowest BCUT2D eigenvalue weighted by Crippen LogP contribution is -2.21. The third-order valence-electron chi connectivity index (χ3n) is 2.44. The number of carbonyl (C=O) groups is 2. The zero-order valence-electron chi connectivity index (χ0n) is 12.0. The molecule has 0 saturated carbocycles. The van der Waals surface area contributed by atoms with E-state index in [-0.39, 0.29) is 12.2 Å². The zero-order chi connectivity index (χ0) is 15.0. The maximum absolute atomic E-state index is 11.9. The van der Waals surface area contributed by atoms with Gasteiger partial charge in [-0.3, -0.25) is 4.79 Å². The molecule has 0 aliphatic rings. The Hall–Kier alpha value is -2.14. The molecule has 1 aromatic carbocycles. The van der Waals surface area contributed by atoms with E-state index in [1.165, 1.54) is 13.3 Å². The predicted molar refractivity (Wildman–Crippen MR) is 74.9 cm³/mol. The van der Waals surface area contributed by atoms with Crippen molar-refractivity contribution in [2.45, 2.75) is 6.61 Å². The quantitative estimate of drug-likeness (QED) is 0.326. The third-order valence-corrected chi connectivity index (χ3v) is 2.44. The summed E-state index contributed by atoms with van der Waals surface area (Å²) in [6.45, 7) is 0.159. The van der Waals surface area contributed by atoms with Crippen LogP contribution in [0.2, 0.25) is 0 Å². The third kappa shape index (κ3) is 5.24. The van der Waals surface area contributed by atoms with E-state index in [0.29, 0.717) is 6.61 Å². The molecule has 0 bridgehead atoms. The Morgan fingerprint density at radius 1 is 1.20 bits per heavy atom. The van der Waals surface area contributed by atoms with Crippen LogP contribution in [-0.4, -0.2) is 44.5 Å². The molecule has 0 aromatic heterocycles. The summed E-state index contributed by atoms with van der Waals surface area (Å²) in [4.78, 5) is 25.1. The molecular formula is C15H19NO4. The van der Waals surface area contributed by atoms with Crippen LogP contribution in [0.1, 0.15) is 5.56 Å². The smallest absolute Gasteiger partial charge is 0.343 e. The number of esters is 1. The van der Waals surface area contributed by atoms with Crippen LogP contribution in [0.25, 0.3) is 0 Å². The lowest BCUT2D eigenvalue weighted by atomic mass is 10.2. The number of ether oxygens (including phenoxy) is 2. The van der Waals surface area contributed by atoms with E-state index in [1.54, 1.807) is 19.0 Å². The maximum atomic E-state index is 11.9. The minimum absolute atomic E-state index is 0.0226. The van der Waals surface area contributed by atoms with Gasteiger partial charge in [-0.25, -0.2) is 4.79 Å². The van der Waals surface area contributed by atoms with E-state index in [2.05, 4.69) is 4.74 Å². The molecule has 1 rings (SSSR count). The van der Waals surface area contributed by atoms with Crippen LogP contribution in [0.15, 0.2) is 42.1 Å². The number of carbonyl (C=O) groups excluding carboxylic acids is 2. The van der Waals surface area contributed by atoms with Crippen molar-refractivity contribution in [3.63, 3.8) is 0 Å². The normalized spacial score (nSPS) is 11.1. The number of rotatable bonds is 7. The van der Waals surface area contributed by atoms with Gasteiger partial charge in [-0.15, -0.1) is 0 Å². The molecule has 0 N–H and O–H groups in total. The second kappa shape index (κ2) is 8.12. The van der Waals surface area contributed by atoms with E-state index in [0.717, 1.165) is 5.56 Å². The van der Waals surface area contributed by atoms with Crippen LogP contribution in [0.5, 0.6) is 0 Å². The molecule has 5 heteroatoms. The van der Waals surface area contributed by atoms with Crippen LogP contribution >= 0.6 is 0 Å². The first kappa shape index (κ1) is 15.9. The monoisotopic (exact) mass is 277 g/mol. The van der Waals surface area contributed by atoms with Crippen LogP contribution in [0.4, 0.5) is 0 Å². The first-order chi connectivity index (χ1) is 9.54. The Morgan fingerprint density at radius 3 is 2.40 bits per heavy atom. The van der Waals surface area contributed by atoms with Gasteiger partial charge in [-0.2, -0.15) is 0 Å². The van der Waals surface area contributed by atoms with Crippen LogP contribution in [-0.2, 0) is 25.7 Å². The molecule has 0 unspecified atom stereocenters. The van der Waals surface area contributed by atoms with Crippen molar-refractivity contribution < 1.29 is 19.1 Å². The van der Waals surface area contributed by atoms with Gasteiger partial charge in [0.1, 0.15) is 12.2 Å². The Bertz CT molecular complexity index is 480. The summed E-state index contributed by atoms with van der Waals surface area (Å²) in [6.07, 6.45) is 1.43. The van der Waals surface area contributed by atoms with E-state index in [4.69, 9.17) is 4.74 Å². The Labute approximate surface area is 118 Å². The topological polar surface area (TPSA) is 55.8 Å². The molecule has 0 heterocycles. The molecule has 1 aromatic rings. The van der Waals surface area contributed by atoms with Crippen molar-refractivity contribution in [3.8, 4) is 0 Å². The average Bonchev–Trinajstić information content (AvgIpc) is 2.44. The number of benzene rings is 1. The molecule has 0 fully saturated rings. The summed E-state index contributed by atoms with van der Waals surface area (Å²) < 4.78 is 9.91. The molecule has 20 heavy (non-hydrogen) atoms. The van der Waals surface area contributed by atoms with Gasteiger partial charge in [-0.05, 0) is 5.56 Å². The lowest BCUT2D eigenvalue weighted by molar-refractivity contribution is -0.138. The maximum Gasteiger partial charge on any atom is 0.343 e. The van der Waals surface area contributed by atoms with Gasteiger partial charge in [0, 0.05) is 20.3 Å². The van der Waals surface area contributed by atoms with E-state index in [1.807, 2.05) is 30.3 Å². The number of methoxy groups -OCH3 is 1. The van der Waals surface area contributed by atoms with Crippen molar-refractivity contribution in [3.05, 3.63) is 47.7 Å². The standard InChI is InChI=1S/C15H19NO4/c1-16(2)9-13(15(18)19-3)14(17)11-20-10-12-7-5-4-6-8-12/h4-9H,10-11H2,1-3H3. The molecule has 0 radical (unpaired) electrons. The molecule has 0 amide bonds. The van der Waals surface area contributed by atoms with E-state index in [9.17, 15) is 9.59 Å². The van der Waals surface area contributed by atoms with Gasteiger partial charge in [0.05, 0.1) is 13.7 Å². The fraction of sp³-hybridized carbons (Fsp3) is 0.333. The van der Waals surface area contributed by atoms with Gasteiger partial charge in [0.2, 0.25) is 0 Å². The summed E-state index contributed by atoms with van der Waals surface area (Å²) in [5.41, 5.74) is 0.946. The van der Waals surface area contributed by atoms with Crippen LogP contribution < -0.4 is 0 Å². The Balaban J connectivity index is 2.57. The van der Waals surface area contributed by atoms with Crippen LogP contribution in [0.3, 0.4) is 0 Å². The summed E-state index contributed by atoms with van der Waals surface area (Å²) in [5, 5.41) is 0. The van der Waals surface area contributed by atoms with Gasteiger partial charge < -0.3 is 14.4 Å². The largest absolute Gasteiger partial charge is 0.465 e. The molecule has 0 aliphatic carbocycles. The number of hydrogen-bond donors (Lipinski definition) is 0. The summed E-state index contributed by atoms with van der Waals surface area (Å²) >= 11 is 0. The molecule has 0 saturated heterocycles. The fourth-order valence-electron chi connectivity index (χ4n) is 1.52. The minimum atomic E-state index is -0.660. The number of hydrogen-bond acceptors (Lipinski definition) is 5. The average molecular weight is 277 g/mol. The van der Waals surface area contributed by atoms with Crippen molar-refractivity contribution >= 4 is 11.8 Å². The number of nitrogens with zero attached hydrogens (tertiary/aromatic N) is 1. The number of ketones is 1. The molecule has 0 spiro atoms. The molecule has 0 atom stereocenters. The van der Waals surface area contributed by atoms with Crippen LogP contribution in [0, 0.1) is 0 Å². The van der Waals surface area contributed by atoms with E-state index >= 15 is 0 Å². The number of Topliss-reactive ketones (excluding diaryl/α,β-unsaturated/α-hetero) is 1. The van der Waals surface area contributed by atoms with Gasteiger partial charge in [-0.1, -0.05) is 30.3 Å². The molecule has 5 nitrogen and oxygen atoms in total. The van der Waals surface area contributed by atoms with Crippen molar-refractivity contribution in [1.29, 1.82) is 0 Å². The zero-order valence-corrected chi connectivity index (χ0v) is 12.0. The Morgan fingerprint density at radius 2 is 1.85 bits per heavy atom. The highest BCUT2D eigenvalue weighted by Crippen LogP contribution is 2.04. The highest BCUT2D eigenvalue weighted by molar-refractivity contribution is 6.17. The molecule has 0 aliphatic heterocycles. The predicted octanol–water partition coefficient (Wildman–Crippen LogP) is 1.39. The fourth-order valence-corrected chi connectivity index (χ4v) is 1.52. The summed E-state index contributed by atoms with van der Waals surface area (Å²) in [5.74, 6) is -1.06. The SMILES string of the molecule is COC(=O)C(=CN(C)C)C(=O)COCc1ccccc1. The molecular weight excluding hydrogens is 258 g/mol. The summed E-state index contributed by atoms with van der Waals surface area (Å²) in [7, 11) is 4.69. The van der Waals surface area contributed by atoms with Crippen molar-refractivity contribution in [2.75, 3.05) is 27.8 Å². The first-order valence-electron chi connectivity index (χ1n) is 6.16. The van der Waals surface area contributed by atoms with E-state index < -0.39 is 11.8 Å². The van der Waals surface area contributed by atoms with Gasteiger partial charge in [0.15, 0.2) is 5.78 Å². The minimum Gasteiger partial charge on any atom is -0.465 e. The van der Waals surface area contributed by atoms with Gasteiger partial charge >= 0.3 is 5.97 Å². The highest BCUT2D eigenvalue weighted by atomic mass is 16.5. The first-order valence-corrected chi connectivity index (χ1v) is 6.16. The second-order valence-electron chi connectivity index (χ2n) is 4.40. The summed E-state index contributed by atoms with van der Waals surface area (Å²) in [6, 6.07) is 9.51. The molecule has 108 valence electrons. The Kier molecular flexibility index (Phi) is 6.46.